The summed E-state index contributed by atoms with van der Waals surface area (Å²) in [5.41, 5.74) is 5.11. The van der Waals surface area contributed by atoms with Crippen molar-refractivity contribution in [3.05, 3.63) is 34.4 Å². The fourth-order valence-corrected chi connectivity index (χ4v) is 1.77. The normalized spacial score (nSPS) is 21.4. The van der Waals surface area contributed by atoms with Crippen molar-refractivity contribution in [3.63, 3.8) is 0 Å². The van der Waals surface area contributed by atoms with E-state index in [2.05, 4.69) is 4.98 Å². The number of aldehydes is 1. The first-order chi connectivity index (χ1) is 9.51. The van der Waals surface area contributed by atoms with Crippen molar-refractivity contribution < 1.29 is 19.1 Å². The van der Waals surface area contributed by atoms with Crippen LogP contribution in [0.25, 0.3) is 0 Å². The molecular weight excluding hydrogens is 266 g/mol. The zero-order valence-electron chi connectivity index (χ0n) is 10.7. The Morgan fingerprint density at radius 2 is 2.40 bits per heavy atom. The van der Waals surface area contributed by atoms with Crippen LogP contribution in [-0.2, 0) is 19.1 Å². The maximum absolute atomic E-state index is 11.7. The summed E-state index contributed by atoms with van der Waals surface area (Å²) >= 11 is 0. The van der Waals surface area contributed by atoms with E-state index in [1.54, 1.807) is 0 Å². The predicted molar refractivity (Wildman–Crippen MR) is 67.6 cm³/mol. The van der Waals surface area contributed by atoms with E-state index in [1.165, 1.54) is 29.8 Å². The van der Waals surface area contributed by atoms with Crippen molar-refractivity contribution in [2.24, 2.45) is 0 Å². The maximum Gasteiger partial charge on any atom is 0.351 e. The summed E-state index contributed by atoms with van der Waals surface area (Å²) in [7, 11) is 0. The molecule has 2 N–H and O–H groups in total. The number of carbonyl (C=O) groups is 2. The van der Waals surface area contributed by atoms with Gasteiger partial charge in [-0.05, 0) is 12.1 Å². The van der Waals surface area contributed by atoms with Gasteiger partial charge in [-0.3, -0.25) is 14.2 Å². The lowest BCUT2D eigenvalue weighted by atomic mass is 10.2. The molecular formula is C12H13N3O5. The van der Waals surface area contributed by atoms with Gasteiger partial charge in [-0.25, -0.2) is 4.79 Å². The monoisotopic (exact) mass is 279 g/mol. The Hall–Kier alpha value is -2.48. The molecule has 2 heterocycles. The van der Waals surface area contributed by atoms with Gasteiger partial charge < -0.3 is 15.2 Å². The number of esters is 1. The highest BCUT2D eigenvalue weighted by atomic mass is 16.6. The van der Waals surface area contributed by atoms with E-state index in [9.17, 15) is 14.4 Å². The lowest BCUT2D eigenvalue weighted by Gasteiger charge is -2.16. The maximum atomic E-state index is 11.7. The number of hydrogen-bond acceptors (Lipinski definition) is 7. The highest BCUT2D eigenvalue weighted by Crippen LogP contribution is 2.25. The Labute approximate surface area is 113 Å². The third-order valence-corrected chi connectivity index (χ3v) is 2.71. The van der Waals surface area contributed by atoms with E-state index in [4.69, 9.17) is 15.2 Å². The summed E-state index contributed by atoms with van der Waals surface area (Å²) in [6.45, 7) is 1.17. The van der Waals surface area contributed by atoms with Crippen molar-refractivity contribution in [1.29, 1.82) is 0 Å². The lowest BCUT2D eigenvalue weighted by molar-refractivity contribution is -0.145. The lowest BCUT2D eigenvalue weighted by Crippen LogP contribution is -2.28. The van der Waals surface area contributed by atoms with Crippen LogP contribution in [0.4, 0.5) is 5.82 Å². The minimum atomic E-state index is -0.781. The first-order valence-corrected chi connectivity index (χ1v) is 5.81. The molecule has 2 rings (SSSR count). The number of rotatable bonds is 4. The molecule has 20 heavy (non-hydrogen) atoms. The van der Waals surface area contributed by atoms with Gasteiger partial charge >= 0.3 is 11.7 Å². The van der Waals surface area contributed by atoms with Gasteiger partial charge in [0, 0.05) is 18.7 Å². The number of nitrogens with two attached hydrogens (primary N) is 1. The van der Waals surface area contributed by atoms with E-state index in [-0.39, 0.29) is 12.4 Å². The first-order valence-electron chi connectivity index (χ1n) is 5.81. The highest BCUT2D eigenvalue weighted by molar-refractivity contribution is 5.75. The number of nitrogen functional groups attached to an aromatic ring is 1. The Bertz CT molecular complexity index is 622. The van der Waals surface area contributed by atoms with Crippen molar-refractivity contribution in [1.82, 2.24) is 9.55 Å². The van der Waals surface area contributed by atoms with Crippen LogP contribution in [0.15, 0.2) is 28.7 Å². The standard InChI is InChI=1S/C12H13N3O5/c1-7(17)19-6-9-8(5-16)4-11(20-9)15-3-2-10(13)14-12(15)18/h2-5,9,11H,6H2,1H3,(H2,13,14,18)/t9-,11-/m1/s1. The largest absolute Gasteiger partial charge is 0.463 e. The van der Waals surface area contributed by atoms with Crippen LogP contribution < -0.4 is 11.4 Å². The molecule has 0 bridgehead atoms. The second-order valence-electron chi connectivity index (χ2n) is 4.14. The first kappa shape index (κ1) is 13.9. The SMILES string of the molecule is CC(=O)OC[C@H]1O[C@@H](n2ccc(N)nc2=O)C=C1C=O. The van der Waals surface area contributed by atoms with Crippen molar-refractivity contribution in [3.8, 4) is 0 Å². The molecule has 106 valence electrons. The molecule has 1 aromatic heterocycles. The molecule has 1 aromatic rings. The van der Waals surface area contributed by atoms with Gasteiger partial charge in [0.2, 0.25) is 0 Å². The predicted octanol–water partition coefficient (Wildman–Crippen LogP) is -0.589. The van der Waals surface area contributed by atoms with E-state index in [1.807, 2.05) is 0 Å². The minimum absolute atomic E-state index is 0.0897. The Morgan fingerprint density at radius 3 is 3.00 bits per heavy atom. The van der Waals surface area contributed by atoms with Crippen LogP contribution in [-0.4, -0.2) is 34.5 Å². The molecule has 8 heteroatoms. The molecule has 0 radical (unpaired) electrons. The molecule has 0 aliphatic carbocycles. The second kappa shape index (κ2) is 5.66. The van der Waals surface area contributed by atoms with Crippen LogP contribution >= 0.6 is 0 Å². The Balaban J connectivity index is 2.19. The van der Waals surface area contributed by atoms with Crippen LogP contribution in [0.2, 0.25) is 0 Å². The van der Waals surface area contributed by atoms with Crippen LogP contribution in [0.1, 0.15) is 13.2 Å². The molecule has 0 unspecified atom stereocenters. The zero-order chi connectivity index (χ0) is 14.7. The topological polar surface area (TPSA) is 114 Å². The van der Waals surface area contributed by atoms with Gasteiger partial charge in [0.15, 0.2) is 6.23 Å². The fourth-order valence-electron chi connectivity index (χ4n) is 1.77. The van der Waals surface area contributed by atoms with E-state index >= 15 is 0 Å². The molecule has 0 fully saturated rings. The molecule has 0 amide bonds. The molecule has 0 aromatic carbocycles. The molecule has 0 saturated carbocycles. The van der Waals surface area contributed by atoms with Gasteiger partial charge in [-0.15, -0.1) is 0 Å². The Morgan fingerprint density at radius 1 is 1.65 bits per heavy atom. The minimum Gasteiger partial charge on any atom is -0.463 e. The summed E-state index contributed by atoms with van der Waals surface area (Å²) in [6.07, 6.45) is 2.01. The summed E-state index contributed by atoms with van der Waals surface area (Å²) in [5, 5.41) is 0. The number of nitrogens with zero attached hydrogens (tertiary/aromatic N) is 2. The average molecular weight is 279 g/mol. The molecule has 0 saturated heterocycles. The second-order valence-corrected chi connectivity index (χ2v) is 4.14. The summed E-state index contributed by atoms with van der Waals surface area (Å²) in [5.74, 6) is -0.381. The van der Waals surface area contributed by atoms with Gasteiger partial charge in [0.05, 0.1) is 0 Å². The third-order valence-electron chi connectivity index (χ3n) is 2.71. The number of carbonyl (C=O) groups excluding carboxylic acids is 2. The van der Waals surface area contributed by atoms with Crippen LogP contribution in [0, 0.1) is 0 Å². The van der Waals surface area contributed by atoms with Crippen molar-refractivity contribution in [2.75, 3.05) is 12.3 Å². The third kappa shape index (κ3) is 2.91. The fraction of sp³-hybridized carbons (Fsp3) is 0.333. The van der Waals surface area contributed by atoms with E-state index < -0.39 is 24.0 Å². The average Bonchev–Trinajstić information content (AvgIpc) is 2.79. The summed E-state index contributed by atoms with van der Waals surface area (Å²) < 4.78 is 11.5. The van der Waals surface area contributed by atoms with Crippen LogP contribution in [0.3, 0.4) is 0 Å². The Kier molecular flexibility index (Phi) is 3.94. The summed E-state index contributed by atoms with van der Waals surface area (Å²) in [6, 6.07) is 1.44. The molecule has 1 aliphatic heterocycles. The van der Waals surface area contributed by atoms with Crippen LogP contribution in [0.5, 0.6) is 0 Å². The number of aromatic nitrogens is 2. The zero-order valence-corrected chi connectivity index (χ0v) is 10.7. The number of ether oxygens (including phenoxy) is 2. The van der Waals surface area contributed by atoms with Gasteiger partial charge in [-0.2, -0.15) is 4.98 Å². The summed E-state index contributed by atoms with van der Waals surface area (Å²) in [4.78, 5) is 37.0. The smallest absolute Gasteiger partial charge is 0.351 e. The quantitative estimate of drug-likeness (QED) is 0.578. The van der Waals surface area contributed by atoms with E-state index in [0.29, 0.717) is 11.9 Å². The molecule has 1 aliphatic rings. The van der Waals surface area contributed by atoms with Crippen molar-refractivity contribution in [2.45, 2.75) is 19.3 Å². The van der Waals surface area contributed by atoms with Gasteiger partial charge in [-0.1, -0.05) is 0 Å². The molecule has 8 nitrogen and oxygen atoms in total. The van der Waals surface area contributed by atoms with Crippen molar-refractivity contribution >= 4 is 18.1 Å². The number of hydrogen-bond donors (Lipinski definition) is 1. The highest BCUT2D eigenvalue weighted by Gasteiger charge is 2.29. The number of anilines is 1. The molecule has 2 atom stereocenters. The molecule has 0 spiro atoms. The van der Waals surface area contributed by atoms with Gasteiger partial charge in [0.1, 0.15) is 24.8 Å². The van der Waals surface area contributed by atoms with E-state index in [0.717, 1.165) is 0 Å². The van der Waals surface area contributed by atoms with Gasteiger partial charge in [0.25, 0.3) is 0 Å².